The Morgan fingerprint density at radius 1 is 0.917 bits per heavy atom. The quantitative estimate of drug-likeness (QED) is 0.190. The average Bonchev–Trinajstić information content (AvgIpc) is 2.53. The van der Waals surface area contributed by atoms with E-state index >= 15 is 0 Å². The minimum atomic E-state index is -1.46. The lowest BCUT2D eigenvalue weighted by Gasteiger charge is -2.04. The summed E-state index contributed by atoms with van der Waals surface area (Å²) in [6.45, 7) is 0.280. The summed E-state index contributed by atoms with van der Waals surface area (Å²) in [6.07, 6.45) is 18.2. The second kappa shape index (κ2) is 16.2. The molecule has 0 aliphatic rings. The molecule has 138 valence electrons. The van der Waals surface area contributed by atoms with Crippen LogP contribution in [0.5, 0.6) is 0 Å². The Morgan fingerprint density at radius 3 is 1.96 bits per heavy atom. The van der Waals surface area contributed by atoms with Crippen LogP contribution in [0.15, 0.2) is 24.3 Å². The molecule has 0 aromatic carbocycles. The molecule has 0 rings (SSSR count). The average molecular weight is 341 g/mol. The SMILES string of the molecule is O=C(O)C(CCCCCCC=CCC=CCCCCCO)[N+](=O)[O-]. The Labute approximate surface area is 144 Å². The third kappa shape index (κ3) is 13.9. The van der Waals surface area contributed by atoms with Crippen molar-refractivity contribution in [1.29, 1.82) is 0 Å². The van der Waals surface area contributed by atoms with Crippen molar-refractivity contribution >= 4 is 5.97 Å². The fraction of sp³-hybridized carbons (Fsp3) is 0.722. The van der Waals surface area contributed by atoms with Crippen molar-refractivity contribution in [3.63, 3.8) is 0 Å². The molecule has 0 amide bonds. The highest BCUT2D eigenvalue weighted by Gasteiger charge is 2.27. The number of unbranched alkanes of at least 4 members (excludes halogenated alkanes) is 7. The zero-order chi connectivity index (χ0) is 18.0. The van der Waals surface area contributed by atoms with Gasteiger partial charge >= 0.3 is 12.0 Å². The van der Waals surface area contributed by atoms with Crippen LogP contribution in [0.4, 0.5) is 0 Å². The maximum absolute atomic E-state index is 10.7. The maximum atomic E-state index is 10.7. The molecule has 6 nitrogen and oxygen atoms in total. The number of carboxylic acid groups (broad SMARTS) is 1. The number of rotatable bonds is 16. The van der Waals surface area contributed by atoms with Gasteiger partial charge in [-0.15, -0.1) is 0 Å². The first-order valence-corrected chi connectivity index (χ1v) is 8.86. The van der Waals surface area contributed by atoms with Gasteiger partial charge in [-0.2, -0.15) is 0 Å². The molecule has 1 atom stereocenters. The zero-order valence-electron chi connectivity index (χ0n) is 14.4. The van der Waals surface area contributed by atoms with E-state index in [4.69, 9.17) is 10.2 Å². The van der Waals surface area contributed by atoms with Crippen molar-refractivity contribution < 1.29 is 19.9 Å². The van der Waals surface area contributed by atoms with E-state index in [-0.39, 0.29) is 13.0 Å². The monoisotopic (exact) mass is 341 g/mol. The van der Waals surface area contributed by atoms with Crippen molar-refractivity contribution in [2.45, 2.75) is 76.7 Å². The summed E-state index contributed by atoms with van der Waals surface area (Å²) in [6, 6.07) is -1.46. The zero-order valence-corrected chi connectivity index (χ0v) is 14.4. The van der Waals surface area contributed by atoms with E-state index in [0.717, 1.165) is 57.8 Å². The molecule has 0 saturated carbocycles. The van der Waals surface area contributed by atoms with Crippen molar-refractivity contribution in [2.75, 3.05) is 6.61 Å². The van der Waals surface area contributed by atoms with Crippen LogP contribution in [0.3, 0.4) is 0 Å². The van der Waals surface area contributed by atoms with Crippen LogP contribution >= 0.6 is 0 Å². The molecule has 0 bridgehead atoms. The van der Waals surface area contributed by atoms with Gasteiger partial charge in [-0.25, -0.2) is 4.79 Å². The van der Waals surface area contributed by atoms with Crippen molar-refractivity contribution in [3.8, 4) is 0 Å². The minimum Gasteiger partial charge on any atom is -0.476 e. The standard InChI is InChI=1S/C18H31NO5/c20-16-14-12-10-8-6-4-2-1-3-5-7-9-11-13-15-17(18(21)22)19(23)24/h1,3-4,6,17,20H,2,5,7-16H2,(H,21,22). The van der Waals surface area contributed by atoms with E-state index in [2.05, 4.69) is 24.3 Å². The van der Waals surface area contributed by atoms with Gasteiger partial charge in [0.1, 0.15) is 0 Å². The Morgan fingerprint density at radius 2 is 1.46 bits per heavy atom. The van der Waals surface area contributed by atoms with Crippen molar-refractivity contribution in [1.82, 2.24) is 0 Å². The van der Waals surface area contributed by atoms with Crippen LogP contribution in [0.2, 0.25) is 0 Å². The normalized spacial score (nSPS) is 12.9. The summed E-state index contributed by atoms with van der Waals surface area (Å²) in [5, 5.41) is 27.9. The lowest BCUT2D eigenvalue weighted by Crippen LogP contribution is -2.28. The van der Waals surface area contributed by atoms with Gasteiger partial charge in [0.2, 0.25) is 0 Å². The first-order chi connectivity index (χ1) is 11.6. The first-order valence-electron chi connectivity index (χ1n) is 8.86. The highest BCUT2D eigenvalue weighted by atomic mass is 16.6. The summed E-state index contributed by atoms with van der Waals surface area (Å²) < 4.78 is 0. The van der Waals surface area contributed by atoms with Crippen LogP contribution < -0.4 is 0 Å². The first kappa shape index (κ1) is 22.3. The third-order valence-electron chi connectivity index (χ3n) is 3.77. The van der Waals surface area contributed by atoms with Gasteiger partial charge in [0.05, 0.1) is 0 Å². The number of nitro groups is 1. The van der Waals surface area contributed by atoms with Gasteiger partial charge in [0.25, 0.3) is 0 Å². The lowest BCUT2D eigenvalue weighted by molar-refractivity contribution is -0.511. The van der Waals surface area contributed by atoms with E-state index in [1.165, 1.54) is 0 Å². The van der Waals surface area contributed by atoms with Gasteiger partial charge in [-0.05, 0) is 44.9 Å². The third-order valence-corrected chi connectivity index (χ3v) is 3.77. The molecular formula is C18H31NO5. The smallest absolute Gasteiger partial charge is 0.379 e. The second-order valence-corrected chi connectivity index (χ2v) is 5.88. The van der Waals surface area contributed by atoms with Gasteiger partial charge in [0.15, 0.2) is 0 Å². The summed E-state index contributed by atoms with van der Waals surface area (Å²) >= 11 is 0. The summed E-state index contributed by atoms with van der Waals surface area (Å²) in [4.78, 5) is 20.5. The molecule has 0 aromatic rings. The highest BCUT2D eigenvalue weighted by Crippen LogP contribution is 2.10. The molecule has 0 fully saturated rings. The molecule has 24 heavy (non-hydrogen) atoms. The molecule has 2 N–H and O–H groups in total. The van der Waals surface area contributed by atoms with Crippen LogP contribution in [0.1, 0.15) is 70.6 Å². The van der Waals surface area contributed by atoms with Gasteiger partial charge < -0.3 is 10.2 Å². The largest absolute Gasteiger partial charge is 0.476 e. The number of carboxylic acids is 1. The Hall–Kier alpha value is -1.69. The summed E-state index contributed by atoms with van der Waals surface area (Å²) in [5.74, 6) is -1.34. The predicted molar refractivity (Wildman–Crippen MR) is 94.6 cm³/mol. The van der Waals surface area contributed by atoms with Gasteiger partial charge in [-0.1, -0.05) is 43.6 Å². The van der Waals surface area contributed by atoms with Crippen molar-refractivity contribution in [3.05, 3.63) is 34.4 Å². The van der Waals surface area contributed by atoms with E-state index in [1.807, 2.05) is 0 Å². The Balaban J connectivity index is 3.45. The van der Waals surface area contributed by atoms with Crippen LogP contribution in [0.25, 0.3) is 0 Å². The van der Waals surface area contributed by atoms with Gasteiger partial charge in [0, 0.05) is 18.0 Å². The number of aliphatic hydroxyl groups is 1. The van der Waals surface area contributed by atoms with E-state index in [9.17, 15) is 14.9 Å². The fourth-order valence-corrected chi connectivity index (χ4v) is 2.33. The molecule has 0 saturated heterocycles. The number of aliphatic carboxylic acids is 1. The number of allylic oxidation sites excluding steroid dienone is 4. The number of nitrogens with zero attached hydrogens (tertiary/aromatic N) is 1. The fourth-order valence-electron chi connectivity index (χ4n) is 2.33. The van der Waals surface area contributed by atoms with E-state index in [1.54, 1.807) is 0 Å². The van der Waals surface area contributed by atoms with Crippen molar-refractivity contribution in [2.24, 2.45) is 0 Å². The molecular weight excluding hydrogens is 310 g/mol. The van der Waals surface area contributed by atoms with Crippen LogP contribution in [0, 0.1) is 10.1 Å². The Bertz CT molecular complexity index is 379. The number of hydrogen-bond donors (Lipinski definition) is 2. The van der Waals surface area contributed by atoms with E-state index in [0.29, 0.717) is 6.42 Å². The Kier molecular flexibility index (Phi) is 15.0. The molecule has 0 heterocycles. The second-order valence-electron chi connectivity index (χ2n) is 5.88. The molecule has 1 unspecified atom stereocenters. The molecule has 0 aliphatic carbocycles. The van der Waals surface area contributed by atoms with Crippen LogP contribution in [-0.4, -0.2) is 33.8 Å². The topological polar surface area (TPSA) is 101 Å². The molecule has 6 heteroatoms. The maximum Gasteiger partial charge on any atom is 0.379 e. The lowest BCUT2D eigenvalue weighted by atomic mass is 10.1. The minimum absolute atomic E-state index is 0.112. The molecule has 0 spiro atoms. The van der Waals surface area contributed by atoms with E-state index < -0.39 is 16.9 Å². The van der Waals surface area contributed by atoms with Crippen LogP contribution in [-0.2, 0) is 4.79 Å². The molecule has 0 aliphatic heterocycles. The molecule has 0 aromatic heterocycles. The molecule has 0 radical (unpaired) electrons. The summed E-state index contributed by atoms with van der Waals surface area (Å²) in [7, 11) is 0. The number of aliphatic hydroxyl groups excluding tert-OH is 1. The highest BCUT2D eigenvalue weighted by molar-refractivity contribution is 5.71. The summed E-state index contributed by atoms with van der Waals surface area (Å²) in [5.41, 5.74) is 0. The number of carbonyl (C=O) groups is 1. The number of hydrogen-bond acceptors (Lipinski definition) is 4. The van der Waals surface area contributed by atoms with Gasteiger partial charge in [-0.3, -0.25) is 10.1 Å². The predicted octanol–water partition coefficient (Wildman–Crippen LogP) is 4.11.